The maximum atomic E-state index is 13.8. The van der Waals surface area contributed by atoms with Crippen LogP contribution in [0, 0.1) is 11.8 Å². The zero-order valence-electron chi connectivity index (χ0n) is 27.5. The van der Waals surface area contributed by atoms with Crippen molar-refractivity contribution in [1.29, 1.82) is 0 Å². The molecule has 2 aliphatic carbocycles. The van der Waals surface area contributed by atoms with Crippen LogP contribution in [-0.2, 0) is 13.2 Å². The number of halogens is 6. The highest BCUT2D eigenvalue weighted by atomic mass is 35.5. The first-order chi connectivity index (χ1) is 24.2. The van der Waals surface area contributed by atoms with Gasteiger partial charge < -0.3 is 30.7 Å². The second-order valence-corrected chi connectivity index (χ2v) is 13.9. The zero-order chi connectivity index (χ0) is 36.4. The fourth-order valence-corrected chi connectivity index (χ4v) is 7.34. The molecule has 4 heterocycles. The maximum Gasteiger partial charge on any atom is 0.435 e. The van der Waals surface area contributed by atoms with Crippen molar-refractivity contribution in [2.45, 2.75) is 37.0 Å². The van der Waals surface area contributed by atoms with Crippen molar-refractivity contribution in [2.75, 3.05) is 57.7 Å². The molecule has 274 valence electrons. The van der Waals surface area contributed by atoms with Gasteiger partial charge in [0.1, 0.15) is 6.04 Å². The number of nitrogens with two attached hydrogens (primary N) is 1. The molecule has 51 heavy (non-hydrogen) atoms. The first-order valence-corrected chi connectivity index (χ1v) is 17.0. The van der Waals surface area contributed by atoms with Gasteiger partial charge in [0.15, 0.2) is 11.5 Å². The number of amides is 4. The number of alkyl halides is 5. The third kappa shape index (κ3) is 6.87. The number of urea groups is 1. The summed E-state index contributed by atoms with van der Waals surface area (Å²) in [5, 5.41) is 9.01. The summed E-state index contributed by atoms with van der Waals surface area (Å²) in [6.07, 6.45) is -2.71. The van der Waals surface area contributed by atoms with E-state index in [4.69, 9.17) is 17.3 Å². The maximum absolute atomic E-state index is 13.8. The Labute approximate surface area is 293 Å². The van der Waals surface area contributed by atoms with Crippen molar-refractivity contribution in [3.63, 3.8) is 0 Å². The standard InChI is InChI=1S/C32H36ClF5N10O3/c1-44-23(21-16-48(24-12-31(24,34)35)43-26(21)32(36,37)38)13-40-27(44)29(50)41-17-3-4-18(22(33)11-17)28(49)42-25-19-14-47(15-20(19)25)30(51)46-9-7-45(8-10-46)6-2-5-39/h3-4,11,13,16,19-20,24-25H,2,5-10,12,14-15,39H2,1H3,(H,41,50)(H,42,49)/t19-,20+,24?,25-. The fraction of sp³-hybridized carbons (Fsp3) is 0.531. The monoisotopic (exact) mass is 738 g/mol. The molecule has 0 bridgehead atoms. The van der Waals surface area contributed by atoms with Crippen LogP contribution in [0.2, 0.25) is 5.02 Å². The molecule has 2 aromatic heterocycles. The SMILES string of the molecule is Cn1c(-c2cn(C3CC3(F)F)nc2C(F)(F)F)cnc1C(=O)Nc1ccc(C(=O)N[C@@H]2[C@@H]3CN(C(=O)N4CCN(CCCN)CC4)C[C@@H]32)c(Cl)c1. The molecule has 4 amide bonds. The van der Waals surface area contributed by atoms with E-state index in [0.717, 1.165) is 43.0 Å². The third-order valence-corrected chi connectivity index (χ3v) is 10.4. The van der Waals surface area contributed by atoms with E-state index in [2.05, 4.69) is 25.6 Å². The molecule has 19 heteroatoms. The molecule has 4 fully saturated rings. The van der Waals surface area contributed by atoms with Gasteiger partial charge in [-0.05, 0) is 37.7 Å². The normalized spacial score (nSPS) is 24.0. The van der Waals surface area contributed by atoms with E-state index in [1.807, 2.05) is 9.80 Å². The molecule has 13 nitrogen and oxygen atoms in total. The Bertz CT molecular complexity index is 1840. The van der Waals surface area contributed by atoms with E-state index in [-0.39, 0.29) is 51.7 Å². The largest absolute Gasteiger partial charge is 0.435 e. The lowest BCUT2D eigenvalue weighted by molar-refractivity contribution is -0.141. The molecule has 2 aliphatic heterocycles. The summed E-state index contributed by atoms with van der Waals surface area (Å²) in [5.74, 6) is -4.30. The van der Waals surface area contributed by atoms with Gasteiger partial charge in [-0.2, -0.15) is 18.3 Å². The summed E-state index contributed by atoms with van der Waals surface area (Å²) in [6.45, 7) is 5.70. The minimum absolute atomic E-state index is 0.0243. The number of piperidine rings is 1. The van der Waals surface area contributed by atoms with Crippen molar-refractivity contribution in [1.82, 2.24) is 39.3 Å². The quantitative estimate of drug-likeness (QED) is 0.285. The first kappa shape index (κ1) is 35.1. The lowest BCUT2D eigenvalue weighted by Crippen LogP contribution is -2.53. The van der Waals surface area contributed by atoms with Gasteiger partial charge >= 0.3 is 12.2 Å². The van der Waals surface area contributed by atoms with E-state index in [1.165, 1.54) is 25.2 Å². The average Bonchev–Trinajstić information content (AvgIpc) is 3.58. The van der Waals surface area contributed by atoms with Gasteiger partial charge in [0.2, 0.25) is 0 Å². The van der Waals surface area contributed by atoms with Crippen molar-refractivity contribution < 1.29 is 36.3 Å². The summed E-state index contributed by atoms with van der Waals surface area (Å²) in [4.78, 5) is 49.3. The number of benzene rings is 1. The number of carbonyl (C=O) groups excluding carboxylic acids is 3. The summed E-state index contributed by atoms with van der Waals surface area (Å²) >= 11 is 6.43. The van der Waals surface area contributed by atoms with Crippen LogP contribution in [0.25, 0.3) is 11.3 Å². The van der Waals surface area contributed by atoms with Crippen LogP contribution in [0.4, 0.5) is 32.4 Å². The number of imidazole rings is 1. The van der Waals surface area contributed by atoms with E-state index in [0.29, 0.717) is 37.4 Å². The number of nitrogens with one attached hydrogen (secondary N) is 2. The van der Waals surface area contributed by atoms with Gasteiger partial charge in [-0.15, -0.1) is 0 Å². The molecule has 2 saturated heterocycles. The molecule has 7 rings (SSSR count). The minimum atomic E-state index is -4.94. The number of fused-ring (bicyclic) bond motifs is 1. The van der Waals surface area contributed by atoms with Gasteiger partial charge in [0.25, 0.3) is 17.7 Å². The number of anilines is 1. The lowest BCUT2D eigenvalue weighted by atomic mass is 10.2. The topological polar surface area (TPSA) is 147 Å². The fourth-order valence-electron chi connectivity index (χ4n) is 7.07. The molecule has 2 saturated carbocycles. The number of nitrogens with zero attached hydrogens (tertiary/aromatic N) is 7. The van der Waals surface area contributed by atoms with Crippen LogP contribution >= 0.6 is 11.6 Å². The van der Waals surface area contributed by atoms with Crippen LogP contribution in [0.5, 0.6) is 0 Å². The molecule has 0 spiro atoms. The molecular weight excluding hydrogens is 703 g/mol. The van der Waals surface area contributed by atoms with Crippen LogP contribution in [0.15, 0.2) is 30.6 Å². The summed E-state index contributed by atoms with van der Waals surface area (Å²) < 4.78 is 70.2. The Morgan fingerprint density at radius 1 is 1.06 bits per heavy atom. The van der Waals surface area contributed by atoms with Gasteiger partial charge in [0.05, 0.1) is 28.0 Å². The van der Waals surface area contributed by atoms with Crippen molar-refractivity contribution in [3.05, 3.63) is 52.7 Å². The van der Waals surface area contributed by atoms with Crippen molar-refractivity contribution in [2.24, 2.45) is 24.6 Å². The van der Waals surface area contributed by atoms with Gasteiger partial charge in [0, 0.05) is 82.5 Å². The highest BCUT2D eigenvalue weighted by molar-refractivity contribution is 6.34. The van der Waals surface area contributed by atoms with Crippen molar-refractivity contribution >= 4 is 35.1 Å². The number of hydrogen-bond acceptors (Lipinski definition) is 7. The van der Waals surface area contributed by atoms with E-state index in [1.54, 1.807) is 0 Å². The van der Waals surface area contributed by atoms with E-state index < -0.39 is 47.6 Å². The van der Waals surface area contributed by atoms with Crippen molar-refractivity contribution in [3.8, 4) is 11.3 Å². The average molecular weight is 739 g/mol. The van der Waals surface area contributed by atoms with Crippen LogP contribution < -0.4 is 16.4 Å². The highest BCUT2D eigenvalue weighted by Crippen LogP contribution is 2.53. The second kappa shape index (κ2) is 13.0. The number of rotatable bonds is 9. The predicted octanol–water partition coefficient (Wildman–Crippen LogP) is 3.53. The molecule has 1 unspecified atom stereocenters. The Morgan fingerprint density at radius 3 is 2.35 bits per heavy atom. The van der Waals surface area contributed by atoms with E-state index in [9.17, 15) is 36.3 Å². The van der Waals surface area contributed by atoms with Gasteiger partial charge in [-0.1, -0.05) is 11.6 Å². The number of carbonyl (C=O) groups is 3. The Morgan fingerprint density at radius 2 is 1.75 bits per heavy atom. The van der Waals surface area contributed by atoms with E-state index >= 15 is 0 Å². The summed E-state index contributed by atoms with van der Waals surface area (Å²) in [6, 6.07) is 2.71. The summed E-state index contributed by atoms with van der Waals surface area (Å²) in [7, 11) is 1.31. The smallest absolute Gasteiger partial charge is 0.349 e. The molecule has 3 aromatic rings. The third-order valence-electron chi connectivity index (χ3n) is 10.1. The number of aromatic nitrogens is 4. The number of piperazine rings is 1. The first-order valence-electron chi connectivity index (χ1n) is 16.6. The molecule has 0 radical (unpaired) electrons. The zero-order valence-corrected chi connectivity index (χ0v) is 28.2. The molecular formula is C32H36ClF5N10O3. The Hall–Kier alpha value is -4.29. The second-order valence-electron chi connectivity index (χ2n) is 13.5. The van der Waals surface area contributed by atoms with Crippen LogP contribution in [0.1, 0.15) is 45.6 Å². The predicted molar refractivity (Wildman–Crippen MR) is 174 cm³/mol. The number of likely N-dealkylation sites (tertiary alicyclic amines) is 1. The Balaban J connectivity index is 0.935. The van der Waals surface area contributed by atoms with Gasteiger partial charge in [-0.25, -0.2) is 18.6 Å². The van der Waals surface area contributed by atoms with Gasteiger partial charge in [-0.3, -0.25) is 19.2 Å². The van der Waals surface area contributed by atoms with Crippen LogP contribution in [-0.4, -0.2) is 116 Å². The summed E-state index contributed by atoms with van der Waals surface area (Å²) in [5.41, 5.74) is 3.96. The number of hydrogen-bond donors (Lipinski definition) is 3. The molecule has 1 aromatic carbocycles. The molecule has 4 atom stereocenters. The highest BCUT2D eigenvalue weighted by Gasteiger charge is 2.60. The lowest BCUT2D eigenvalue weighted by Gasteiger charge is -2.37. The molecule has 4 N–H and O–H groups in total. The Kier molecular flexibility index (Phi) is 8.98. The van der Waals surface area contributed by atoms with Crippen LogP contribution in [0.3, 0.4) is 0 Å². The minimum Gasteiger partial charge on any atom is -0.349 e. The molecule has 4 aliphatic rings.